The first-order valence-corrected chi connectivity index (χ1v) is 5.31. The Morgan fingerprint density at radius 2 is 1.88 bits per heavy atom. The fourth-order valence-corrected chi connectivity index (χ4v) is 1.50. The van der Waals surface area contributed by atoms with Crippen molar-refractivity contribution >= 4 is 17.6 Å². The van der Waals surface area contributed by atoms with Crippen molar-refractivity contribution in [2.45, 2.75) is 19.9 Å². The molecule has 0 heterocycles. The van der Waals surface area contributed by atoms with Gasteiger partial charge in [0.25, 0.3) is 5.91 Å². The molecular formula is C12H16N2O3. The summed E-state index contributed by atoms with van der Waals surface area (Å²) in [5.74, 6) is -1.64. The average molecular weight is 236 g/mol. The summed E-state index contributed by atoms with van der Waals surface area (Å²) in [6.45, 7) is 3.58. The minimum absolute atomic E-state index is 0.103. The lowest BCUT2D eigenvalue weighted by molar-refractivity contribution is -0.138. The highest BCUT2D eigenvalue weighted by atomic mass is 16.4. The Kier molecular flexibility index (Phi) is 4.09. The van der Waals surface area contributed by atoms with Crippen molar-refractivity contribution in [3.05, 3.63) is 29.8 Å². The van der Waals surface area contributed by atoms with Crippen LogP contribution in [-0.4, -0.2) is 23.0 Å². The van der Waals surface area contributed by atoms with Crippen molar-refractivity contribution in [2.75, 3.05) is 5.32 Å². The standard InChI is InChI=1S/C12H16N2O3/c1-7(2)10(12(16)17)14-9-6-4-3-5-8(9)11(13)15/h3-7,10,14H,1-2H3,(H2,13,15)(H,16,17). The number of hydrogen-bond acceptors (Lipinski definition) is 3. The molecular weight excluding hydrogens is 220 g/mol. The van der Waals surface area contributed by atoms with Crippen LogP contribution in [0.2, 0.25) is 0 Å². The Bertz CT molecular complexity index is 430. The van der Waals surface area contributed by atoms with Crippen molar-refractivity contribution < 1.29 is 14.7 Å². The molecule has 1 rings (SSSR count). The van der Waals surface area contributed by atoms with E-state index in [1.807, 2.05) is 0 Å². The molecule has 1 aromatic carbocycles. The summed E-state index contributed by atoms with van der Waals surface area (Å²) in [5.41, 5.74) is 5.95. The van der Waals surface area contributed by atoms with E-state index in [1.54, 1.807) is 38.1 Å². The number of carboxylic acids is 1. The highest BCUT2D eigenvalue weighted by Gasteiger charge is 2.22. The summed E-state index contributed by atoms with van der Waals surface area (Å²) in [4.78, 5) is 22.2. The number of primary amides is 1. The van der Waals surface area contributed by atoms with Gasteiger partial charge in [-0.25, -0.2) is 4.79 Å². The van der Waals surface area contributed by atoms with Gasteiger partial charge in [0.15, 0.2) is 0 Å². The molecule has 0 saturated carbocycles. The lowest BCUT2D eigenvalue weighted by Gasteiger charge is -2.20. The normalized spacial score (nSPS) is 12.2. The van der Waals surface area contributed by atoms with Gasteiger partial charge in [-0.3, -0.25) is 4.79 Å². The number of carbonyl (C=O) groups excluding carboxylic acids is 1. The van der Waals surface area contributed by atoms with Gasteiger partial charge in [0.1, 0.15) is 6.04 Å². The van der Waals surface area contributed by atoms with E-state index < -0.39 is 17.9 Å². The second-order valence-electron chi connectivity index (χ2n) is 4.11. The molecule has 0 fully saturated rings. The maximum atomic E-state index is 11.2. The summed E-state index contributed by atoms with van der Waals surface area (Å²) in [6, 6.07) is 5.84. The summed E-state index contributed by atoms with van der Waals surface area (Å²) in [5, 5.41) is 11.9. The van der Waals surface area contributed by atoms with Crippen molar-refractivity contribution in [3.8, 4) is 0 Å². The van der Waals surface area contributed by atoms with Crippen LogP contribution in [0.4, 0.5) is 5.69 Å². The molecule has 0 spiro atoms. The van der Waals surface area contributed by atoms with Gasteiger partial charge >= 0.3 is 5.97 Å². The summed E-state index contributed by atoms with van der Waals surface area (Å²) in [6.07, 6.45) is 0. The third-order valence-corrected chi connectivity index (χ3v) is 2.44. The summed E-state index contributed by atoms with van der Waals surface area (Å²) >= 11 is 0. The molecule has 0 radical (unpaired) electrons. The van der Waals surface area contributed by atoms with Crippen LogP contribution in [-0.2, 0) is 4.79 Å². The van der Waals surface area contributed by atoms with Gasteiger partial charge in [-0.1, -0.05) is 26.0 Å². The van der Waals surface area contributed by atoms with Crippen molar-refractivity contribution in [1.29, 1.82) is 0 Å². The number of aliphatic carboxylic acids is 1. The number of amides is 1. The van der Waals surface area contributed by atoms with E-state index in [9.17, 15) is 9.59 Å². The van der Waals surface area contributed by atoms with E-state index in [2.05, 4.69) is 5.32 Å². The average Bonchev–Trinajstić information content (AvgIpc) is 2.25. The molecule has 0 aromatic heterocycles. The van der Waals surface area contributed by atoms with Gasteiger partial charge in [-0.05, 0) is 18.1 Å². The topological polar surface area (TPSA) is 92.4 Å². The zero-order valence-corrected chi connectivity index (χ0v) is 9.81. The highest BCUT2D eigenvalue weighted by Crippen LogP contribution is 2.18. The number of rotatable bonds is 5. The Morgan fingerprint density at radius 1 is 1.29 bits per heavy atom. The maximum Gasteiger partial charge on any atom is 0.326 e. The number of anilines is 1. The van der Waals surface area contributed by atoms with Crippen LogP contribution in [0.3, 0.4) is 0 Å². The second-order valence-corrected chi connectivity index (χ2v) is 4.11. The molecule has 1 amide bonds. The first kappa shape index (κ1) is 13.0. The SMILES string of the molecule is CC(C)C(Nc1ccccc1C(N)=O)C(=O)O. The quantitative estimate of drug-likeness (QED) is 0.718. The van der Waals surface area contributed by atoms with Crippen LogP contribution in [0.1, 0.15) is 24.2 Å². The number of carboxylic acid groups (broad SMARTS) is 1. The van der Waals surface area contributed by atoms with Gasteiger partial charge in [-0.2, -0.15) is 0 Å². The van der Waals surface area contributed by atoms with Crippen molar-refractivity contribution in [3.63, 3.8) is 0 Å². The molecule has 0 aliphatic carbocycles. The Balaban J connectivity index is 3.01. The smallest absolute Gasteiger partial charge is 0.326 e. The highest BCUT2D eigenvalue weighted by molar-refractivity contribution is 5.99. The molecule has 1 atom stereocenters. The van der Waals surface area contributed by atoms with Crippen LogP contribution < -0.4 is 11.1 Å². The molecule has 0 aliphatic rings. The fraction of sp³-hybridized carbons (Fsp3) is 0.333. The largest absolute Gasteiger partial charge is 0.480 e. The minimum Gasteiger partial charge on any atom is -0.480 e. The van der Waals surface area contributed by atoms with Gasteiger partial charge in [0.05, 0.1) is 5.56 Å². The molecule has 0 bridgehead atoms. The number of nitrogens with two attached hydrogens (primary N) is 1. The Labute approximate surface area is 99.6 Å². The summed E-state index contributed by atoms with van der Waals surface area (Å²) in [7, 11) is 0. The van der Waals surface area contributed by atoms with E-state index >= 15 is 0 Å². The lowest BCUT2D eigenvalue weighted by Crippen LogP contribution is -2.35. The fourth-order valence-electron chi connectivity index (χ4n) is 1.50. The number of hydrogen-bond donors (Lipinski definition) is 3. The zero-order chi connectivity index (χ0) is 13.0. The first-order valence-electron chi connectivity index (χ1n) is 5.31. The third kappa shape index (κ3) is 3.21. The Hall–Kier alpha value is -2.04. The van der Waals surface area contributed by atoms with Crippen LogP contribution in [0.5, 0.6) is 0 Å². The maximum absolute atomic E-state index is 11.2. The third-order valence-electron chi connectivity index (χ3n) is 2.44. The molecule has 4 N–H and O–H groups in total. The van der Waals surface area contributed by atoms with Crippen molar-refractivity contribution in [1.82, 2.24) is 0 Å². The van der Waals surface area contributed by atoms with Gasteiger partial charge in [0.2, 0.25) is 0 Å². The van der Waals surface area contributed by atoms with Crippen LogP contribution in [0.25, 0.3) is 0 Å². The molecule has 1 unspecified atom stereocenters. The number of carbonyl (C=O) groups is 2. The van der Waals surface area contributed by atoms with Gasteiger partial charge in [0, 0.05) is 5.69 Å². The predicted octanol–water partition coefficient (Wildman–Crippen LogP) is 1.31. The van der Waals surface area contributed by atoms with E-state index in [4.69, 9.17) is 10.8 Å². The van der Waals surface area contributed by atoms with Crippen LogP contribution in [0, 0.1) is 5.92 Å². The van der Waals surface area contributed by atoms with E-state index in [0.29, 0.717) is 11.3 Å². The minimum atomic E-state index is -0.959. The Morgan fingerprint density at radius 3 is 2.35 bits per heavy atom. The lowest BCUT2D eigenvalue weighted by atomic mass is 10.0. The monoisotopic (exact) mass is 236 g/mol. The van der Waals surface area contributed by atoms with Crippen LogP contribution in [0.15, 0.2) is 24.3 Å². The molecule has 1 aromatic rings. The van der Waals surface area contributed by atoms with E-state index in [1.165, 1.54) is 0 Å². The summed E-state index contributed by atoms with van der Waals surface area (Å²) < 4.78 is 0. The number of para-hydroxylation sites is 1. The van der Waals surface area contributed by atoms with E-state index in [-0.39, 0.29) is 5.92 Å². The number of nitrogens with one attached hydrogen (secondary N) is 1. The number of benzene rings is 1. The molecule has 0 saturated heterocycles. The molecule has 17 heavy (non-hydrogen) atoms. The first-order chi connectivity index (χ1) is 7.93. The van der Waals surface area contributed by atoms with Gasteiger partial charge in [-0.15, -0.1) is 0 Å². The predicted molar refractivity (Wildman–Crippen MR) is 64.8 cm³/mol. The molecule has 0 aliphatic heterocycles. The van der Waals surface area contributed by atoms with Crippen LogP contribution >= 0.6 is 0 Å². The van der Waals surface area contributed by atoms with E-state index in [0.717, 1.165) is 0 Å². The molecule has 92 valence electrons. The zero-order valence-electron chi connectivity index (χ0n) is 9.81. The van der Waals surface area contributed by atoms with Gasteiger partial charge < -0.3 is 16.2 Å². The second kappa shape index (κ2) is 5.34. The molecule has 5 heteroatoms. The molecule has 5 nitrogen and oxygen atoms in total. The van der Waals surface area contributed by atoms with Crippen molar-refractivity contribution in [2.24, 2.45) is 11.7 Å².